The molecule has 0 atom stereocenters. The summed E-state index contributed by atoms with van der Waals surface area (Å²) in [4.78, 5) is 20.9. The topological polar surface area (TPSA) is 89.7 Å². The quantitative estimate of drug-likeness (QED) is 0.662. The summed E-state index contributed by atoms with van der Waals surface area (Å²) in [5.74, 6) is -2.51. The standard InChI is InChI=1S/C13H14FNO5/c14-10-6-11(15(18)19)12(5-9(10)13(16)17)20-7-8-3-1-2-4-8/h5-6,8H,1-4,7H2,(H,16,17). The van der Waals surface area contributed by atoms with Crippen LogP contribution in [0.3, 0.4) is 0 Å². The molecule has 1 fully saturated rings. The zero-order valence-corrected chi connectivity index (χ0v) is 10.7. The number of nitro groups is 1. The van der Waals surface area contributed by atoms with Gasteiger partial charge in [0.15, 0.2) is 5.75 Å². The summed E-state index contributed by atoms with van der Waals surface area (Å²) in [5, 5.41) is 19.7. The molecule has 1 aliphatic carbocycles. The van der Waals surface area contributed by atoms with E-state index < -0.39 is 28.0 Å². The maximum absolute atomic E-state index is 13.4. The lowest BCUT2D eigenvalue weighted by Crippen LogP contribution is -2.11. The maximum Gasteiger partial charge on any atom is 0.338 e. The van der Waals surface area contributed by atoms with E-state index in [1.54, 1.807) is 0 Å². The average molecular weight is 283 g/mol. The number of carbonyl (C=O) groups is 1. The van der Waals surface area contributed by atoms with E-state index in [4.69, 9.17) is 9.84 Å². The molecule has 1 saturated carbocycles. The molecule has 0 heterocycles. The smallest absolute Gasteiger partial charge is 0.338 e. The number of benzene rings is 1. The van der Waals surface area contributed by atoms with Gasteiger partial charge < -0.3 is 9.84 Å². The number of carboxylic acids is 1. The van der Waals surface area contributed by atoms with Crippen molar-refractivity contribution >= 4 is 11.7 Å². The van der Waals surface area contributed by atoms with Crippen LogP contribution in [0.25, 0.3) is 0 Å². The second-order valence-electron chi connectivity index (χ2n) is 4.82. The molecule has 0 aliphatic heterocycles. The van der Waals surface area contributed by atoms with Crippen LogP contribution in [0.15, 0.2) is 12.1 Å². The van der Waals surface area contributed by atoms with Crippen LogP contribution < -0.4 is 4.74 Å². The molecule has 20 heavy (non-hydrogen) atoms. The summed E-state index contributed by atoms with van der Waals surface area (Å²) in [5.41, 5.74) is -1.18. The number of rotatable bonds is 5. The van der Waals surface area contributed by atoms with Gasteiger partial charge in [0.1, 0.15) is 5.82 Å². The van der Waals surface area contributed by atoms with E-state index in [9.17, 15) is 19.3 Å². The number of ether oxygens (including phenoxy) is 1. The Hall–Kier alpha value is -2.18. The minimum absolute atomic E-state index is 0.194. The largest absolute Gasteiger partial charge is 0.486 e. The molecule has 0 radical (unpaired) electrons. The molecule has 108 valence electrons. The highest BCUT2D eigenvalue weighted by Gasteiger charge is 2.24. The number of aromatic carboxylic acids is 1. The molecule has 0 amide bonds. The van der Waals surface area contributed by atoms with E-state index in [0.717, 1.165) is 31.7 Å². The highest BCUT2D eigenvalue weighted by Crippen LogP contribution is 2.32. The van der Waals surface area contributed by atoms with Gasteiger partial charge in [-0.15, -0.1) is 0 Å². The van der Waals surface area contributed by atoms with E-state index in [1.807, 2.05) is 0 Å². The van der Waals surface area contributed by atoms with Crippen molar-refractivity contribution in [2.75, 3.05) is 6.61 Å². The Labute approximate surface area is 114 Å². The van der Waals surface area contributed by atoms with E-state index in [0.29, 0.717) is 12.0 Å². The zero-order chi connectivity index (χ0) is 14.7. The van der Waals surface area contributed by atoms with Crippen LogP contribution in [0.4, 0.5) is 10.1 Å². The van der Waals surface area contributed by atoms with Crippen molar-refractivity contribution in [3.63, 3.8) is 0 Å². The molecule has 1 aromatic rings. The highest BCUT2D eigenvalue weighted by molar-refractivity contribution is 5.89. The molecule has 1 aliphatic rings. The van der Waals surface area contributed by atoms with Crippen LogP contribution in [0, 0.1) is 21.8 Å². The van der Waals surface area contributed by atoms with Crippen molar-refractivity contribution in [2.24, 2.45) is 5.92 Å². The molecule has 0 spiro atoms. The summed E-state index contributed by atoms with van der Waals surface area (Å²) in [7, 11) is 0. The van der Waals surface area contributed by atoms with Gasteiger partial charge in [-0.05, 0) is 18.8 Å². The summed E-state index contributed by atoms with van der Waals surface area (Å²) < 4.78 is 18.8. The number of hydrogen-bond donors (Lipinski definition) is 1. The van der Waals surface area contributed by atoms with Crippen molar-refractivity contribution < 1.29 is 24.0 Å². The van der Waals surface area contributed by atoms with Crippen molar-refractivity contribution in [3.05, 3.63) is 33.6 Å². The second kappa shape index (κ2) is 5.85. The third kappa shape index (κ3) is 3.04. The van der Waals surface area contributed by atoms with Gasteiger partial charge >= 0.3 is 11.7 Å². The van der Waals surface area contributed by atoms with Crippen molar-refractivity contribution in [3.8, 4) is 5.75 Å². The van der Waals surface area contributed by atoms with Gasteiger partial charge in [-0.3, -0.25) is 10.1 Å². The summed E-state index contributed by atoms with van der Waals surface area (Å²) in [6.07, 6.45) is 4.17. The minimum atomic E-state index is -1.48. The lowest BCUT2D eigenvalue weighted by molar-refractivity contribution is -0.386. The van der Waals surface area contributed by atoms with Gasteiger partial charge in [-0.1, -0.05) is 12.8 Å². The SMILES string of the molecule is O=C(O)c1cc(OCC2CCCC2)c([N+](=O)[O-])cc1F. The van der Waals surface area contributed by atoms with Crippen LogP contribution >= 0.6 is 0 Å². The Bertz CT molecular complexity index is 540. The molecule has 0 aromatic heterocycles. The van der Waals surface area contributed by atoms with E-state index >= 15 is 0 Å². The fourth-order valence-electron chi connectivity index (χ4n) is 2.35. The molecule has 6 nitrogen and oxygen atoms in total. The molecular weight excluding hydrogens is 269 g/mol. The molecule has 0 bridgehead atoms. The zero-order valence-electron chi connectivity index (χ0n) is 10.7. The van der Waals surface area contributed by atoms with Crippen LogP contribution in [0.1, 0.15) is 36.0 Å². The Morgan fingerprint density at radius 2 is 2.10 bits per heavy atom. The first-order valence-corrected chi connectivity index (χ1v) is 6.33. The number of halogens is 1. The predicted octanol–water partition coefficient (Wildman–Crippen LogP) is 3.00. The molecule has 0 unspecified atom stereocenters. The Morgan fingerprint density at radius 3 is 2.65 bits per heavy atom. The molecular formula is C13H14FNO5. The van der Waals surface area contributed by atoms with Crippen molar-refractivity contribution in [1.82, 2.24) is 0 Å². The number of nitro benzene ring substituents is 1. The first-order chi connectivity index (χ1) is 9.49. The second-order valence-corrected chi connectivity index (χ2v) is 4.82. The van der Waals surface area contributed by atoms with Crippen LogP contribution in [-0.4, -0.2) is 22.6 Å². The fraction of sp³-hybridized carbons (Fsp3) is 0.462. The summed E-state index contributed by atoms with van der Waals surface area (Å²) in [6.45, 7) is 0.283. The first-order valence-electron chi connectivity index (χ1n) is 6.33. The molecule has 2 rings (SSSR count). The van der Waals surface area contributed by atoms with Crippen molar-refractivity contribution in [1.29, 1.82) is 0 Å². The Balaban J connectivity index is 2.25. The van der Waals surface area contributed by atoms with Gasteiger partial charge in [-0.25, -0.2) is 9.18 Å². The van der Waals surface area contributed by atoms with Gasteiger partial charge in [-0.2, -0.15) is 0 Å². The number of hydrogen-bond acceptors (Lipinski definition) is 4. The summed E-state index contributed by atoms with van der Waals surface area (Å²) in [6, 6.07) is 1.47. The Morgan fingerprint density at radius 1 is 1.45 bits per heavy atom. The average Bonchev–Trinajstić information content (AvgIpc) is 2.89. The molecule has 1 aromatic carbocycles. The van der Waals surface area contributed by atoms with E-state index in [-0.39, 0.29) is 12.4 Å². The number of nitrogens with zero attached hydrogens (tertiary/aromatic N) is 1. The van der Waals surface area contributed by atoms with Gasteiger partial charge in [0.05, 0.1) is 23.2 Å². The lowest BCUT2D eigenvalue weighted by atomic mass is 10.1. The lowest BCUT2D eigenvalue weighted by Gasteiger charge is -2.12. The molecule has 0 saturated heterocycles. The third-order valence-corrected chi connectivity index (χ3v) is 3.43. The maximum atomic E-state index is 13.4. The molecule has 1 N–H and O–H groups in total. The highest BCUT2D eigenvalue weighted by atomic mass is 19.1. The third-order valence-electron chi connectivity index (χ3n) is 3.43. The van der Waals surface area contributed by atoms with Crippen LogP contribution in [0.2, 0.25) is 0 Å². The normalized spacial score (nSPS) is 15.2. The van der Waals surface area contributed by atoms with Gasteiger partial charge in [0.25, 0.3) is 0 Å². The number of carboxylic acid groups (broad SMARTS) is 1. The van der Waals surface area contributed by atoms with Gasteiger partial charge in [0, 0.05) is 6.07 Å². The summed E-state index contributed by atoms with van der Waals surface area (Å²) >= 11 is 0. The fourth-order valence-corrected chi connectivity index (χ4v) is 2.35. The van der Waals surface area contributed by atoms with Crippen LogP contribution in [0.5, 0.6) is 5.75 Å². The van der Waals surface area contributed by atoms with E-state index in [2.05, 4.69) is 0 Å². The van der Waals surface area contributed by atoms with E-state index in [1.165, 1.54) is 0 Å². The monoisotopic (exact) mass is 283 g/mol. The van der Waals surface area contributed by atoms with Gasteiger partial charge in [0.2, 0.25) is 0 Å². The molecule has 7 heteroatoms. The predicted molar refractivity (Wildman–Crippen MR) is 67.5 cm³/mol. The van der Waals surface area contributed by atoms with Crippen LogP contribution in [-0.2, 0) is 0 Å². The first kappa shape index (κ1) is 14.2. The Kier molecular flexibility index (Phi) is 4.16. The van der Waals surface area contributed by atoms with Crippen molar-refractivity contribution in [2.45, 2.75) is 25.7 Å². The minimum Gasteiger partial charge on any atom is -0.486 e.